The maximum atomic E-state index is 10.1. The normalized spacial score (nSPS) is 25.8. The third-order valence-electron chi connectivity index (χ3n) is 5.07. The van der Waals surface area contributed by atoms with Gasteiger partial charge in [0.2, 0.25) is 0 Å². The zero-order valence-corrected chi connectivity index (χ0v) is 15.1. The molecule has 1 unspecified atom stereocenters. The quantitative estimate of drug-likeness (QED) is 0.669. The molecule has 1 atom stereocenters. The first-order valence-corrected chi connectivity index (χ1v) is 9.60. The molecule has 0 aliphatic carbocycles. The molecule has 2 saturated heterocycles. The van der Waals surface area contributed by atoms with E-state index in [0.29, 0.717) is 5.41 Å². The van der Waals surface area contributed by atoms with E-state index >= 15 is 0 Å². The molecule has 1 aromatic heterocycles. The van der Waals surface area contributed by atoms with Gasteiger partial charge in [-0.15, -0.1) is 0 Å². The number of nitrogens with zero attached hydrogens (tertiary/aromatic N) is 4. The minimum absolute atomic E-state index is 0.155. The molecule has 1 aromatic rings. The highest BCUT2D eigenvalue weighted by Crippen LogP contribution is 2.39. The van der Waals surface area contributed by atoms with Gasteiger partial charge in [0.05, 0.1) is 6.10 Å². The number of hydrogen-bond acceptors (Lipinski definition) is 6. The maximum Gasteiger partial charge on any atom is 0.187 e. The number of aliphatic hydroxyl groups is 1. The zero-order valence-electron chi connectivity index (χ0n) is 14.2. The second kappa shape index (κ2) is 7.47. The molecule has 6 heteroatoms. The molecule has 128 valence electrons. The molecular weight excluding hydrogens is 308 g/mol. The van der Waals surface area contributed by atoms with Crippen molar-refractivity contribution in [1.82, 2.24) is 19.8 Å². The molecule has 0 bridgehead atoms. The van der Waals surface area contributed by atoms with E-state index in [1.165, 1.54) is 18.4 Å². The number of hydrogen-bond donors (Lipinski definition) is 1. The molecule has 0 aromatic carbocycles. The van der Waals surface area contributed by atoms with E-state index in [1.54, 1.807) is 11.8 Å². The molecule has 0 saturated carbocycles. The Morgan fingerprint density at radius 2 is 2.00 bits per heavy atom. The Bertz CT molecular complexity index is 490. The van der Waals surface area contributed by atoms with E-state index < -0.39 is 0 Å². The first-order chi connectivity index (χ1) is 11.1. The van der Waals surface area contributed by atoms with Crippen LogP contribution in [0.1, 0.15) is 31.7 Å². The highest BCUT2D eigenvalue weighted by molar-refractivity contribution is 7.99. The van der Waals surface area contributed by atoms with Gasteiger partial charge in [0, 0.05) is 37.6 Å². The number of aliphatic hydroxyl groups excluding tert-OH is 1. The minimum Gasteiger partial charge on any atom is -0.392 e. The van der Waals surface area contributed by atoms with E-state index in [4.69, 9.17) is 0 Å². The molecule has 1 spiro atoms. The minimum atomic E-state index is -0.155. The topological polar surface area (TPSA) is 52.5 Å². The molecule has 1 N–H and O–H groups in total. The lowest BCUT2D eigenvalue weighted by Crippen LogP contribution is -2.52. The summed E-state index contributed by atoms with van der Waals surface area (Å²) in [5, 5.41) is 11.0. The van der Waals surface area contributed by atoms with E-state index in [1.807, 2.05) is 12.4 Å². The summed E-state index contributed by atoms with van der Waals surface area (Å²) in [5.74, 6) is 1.01. The summed E-state index contributed by atoms with van der Waals surface area (Å²) in [6.07, 6.45) is 7.10. The maximum absolute atomic E-state index is 10.1. The second-order valence-electron chi connectivity index (χ2n) is 7.14. The van der Waals surface area contributed by atoms with Gasteiger partial charge in [-0.05, 0) is 50.6 Å². The van der Waals surface area contributed by atoms with Crippen LogP contribution >= 0.6 is 11.8 Å². The van der Waals surface area contributed by atoms with Crippen molar-refractivity contribution in [2.24, 2.45) is 5.41 Å². The molecule has 3 heterocycles. The van der Waals surface area contributed by atoms with Gasteiger partial charge < -0.3 is 10.0 Å². The van der Waals surface area contributed by atoms with Crippen molar-refractivity contribution < 1.29 is 5.11 Å². The molecule has 23 heavy (non-hydrogen) atoms. The first-order valence-electron chi connectivity index (χ1n) is 8.61. The Morgan fingerprint density at radius 1 is 1.30 bits per heavy atom. The molecule has 2 aliphatic rings. The van der Waals surface area contributed by atoms with E-state index in [9.17, 15) is 5.11 Å². The average Bonchev–Trinajstić information content (AvgIpc) is 2.51. The highest BCUT2D eigenvalue weighted by atomic mass is 32.2. The fourth-order valence-corrected chi connectivity index (χ4v) is 4.57. The van der Waals surface area contributed by atoms with Crippen LogP contribution in [0.4, 0.5) is 0 Å². The van der Waals surface area contributed by atoms with Crippen LogP contribution in [0.2, 0.25) is 0 Å². The number of likely N-dealkylation sites (N-methyl/N-ethyl adjacent to an activating group) is 1. The predicted octanol–water partition coefficient (Wildman–Crippen LogP) is 1.87. The van der Waals surface area contributed by atoms with Crippen molar-refractivity contribution in [3.63, 3.8) is 0 Å². The summed E-state index contributed by atoms with van der Waals surface area (Å²) < 4.78 is 0. The van der Waals surface area contributed by atoms with Gasteiger partial charge >= 0.3 is 0 Å². The van der Waals surface area contributed by atoms with Crippen LogP contribution in [-0.2, 0) is 6.54 Å². The highest BCUT2D eigenvalue weighted by Gasteiger charge is 2.40. The first kappa shape index (κ1) is 17.1. The fraction of sp³-hybridized carbons (Fsp3) is 0.765. The van der Waals surface area contributed by atoms with Gasteiger partial charge in [-0.1, -0.05) is 18.7 Å². The Kier molecular flexibility index (Phi) is 5.57. The van der Waals surface area contributed by atoms with Gasteiger partial charge in [-0.3, -0.25) is 4.90 Å². The molecule has 2 fully saturated rings. The largest absolute Gasteiger partial charge is 0.392 e. The monoisotopic (exact) mass is 336 g/mol. The summed E-state index contributed by atoms with van der Waals surface area (Å²) in [4.78, 5) is 13.6. The lowest BCUT2D eigenvalue weighted by atomic mass is 9.71. The average molecular weight is 337 g/mol. The van der Waals surface area contributed by atoms with Crippen molar-refractivity contribution >= 4 is 11.8 Å². The van der Waals surface area contributed by atoms with Crippen LogP contribution in [0, 0.1) is 5.41 Å². The van der Waals surface area contributed by atoms with E-state index in [0.717, 1.165) is 50.1 Å². The SMILES string of the molecule is CCSc1ncc(CN2CCC3(CC2)CC(O)CN(C)C3)cn1. The van der Waals surface area contributed by atoms with Crippen molar-refractivity contribution in [2.75, 3.05) is 39.0 Å². The van der Waals surface area contributed by atoms with E-state index in [2.05, 4.69) is 33.7 Å². The number of piperidine rings is 2. The Hall–Kier alpha value is -0.690. The Morgan fingerprint density at radius 3 is 2.61 bits per heavy atom. The van der Waals surface area contributed by atoms with Gasteiger partial charge in [-0.2, -0.15) is 0 Å². The summed E-state index contributed by atoms with van der Waals surface area (Å²) in [7, 11) is 2.13. The van der Waals surface area contributed by atoms with E-state index in [-0.39, 0.29) is 6.10 Å². The van der Waals surface area contributed by atoms with Crippen molar-refractivity contribution in [3.05, 3.63) is 18.0 Å². The van der Waals surface area contributed by atoms with Gasteiger partial charge in [0.15, 0.2) is 5.16 Å². The van der Waals surface area contributed by atoms with Crippen LogP contribution in [0.25, 0.3) is 0 Å². The number of aromatic nitrogens is 2. The fourth-order valence-electron chi connectivity index (χ4n) is 4.06. The van der Waals surface area contributed by atoms with Crippen molar-refractivity contribution in [2.45, 2.75) is 44.0 Å². The molecule has 0 radical (unpaired) electrons. The smallest absolute Gasteiger partial charge is 0.187 e. The summed E-state index contributed by atoms with van der Waals surface area (Å²) in [6, 6.07) is 0. The predicted molar refractivity (Wildman–Crippen MR) is 93.5 cm³/mol. The third-order valence-corrected chi connectivity index (χ3v) is 5.83. The second-order valence-corrected chi connectivity index (χ2v) is 8.37. The van der Waals surface area contributed by atoms with Crippen LogP contribution in [-0.4, -0.2) is 70.0 Å². The number of likely N-dealkylation sites (tertiary alicyclic amines) is 2. The summed E-state index contributed by atoms with van der Waals surface area (Å²) >= 11 is 1.68. The molecule has 2 aliphatic heterocycles. The van der Waals surface area contributed by atoms with Gasteiger partial charge in [0.1, 0.15) is 0 Å². The van der Waals surface area contributed by atoms with Gasteiger partial charge in [-0.25, -0.2) is 9.97 Å². The lowest BCUT2D eigenvalue weighted by molar-refractivity contribution is -0.0331. The third kappa shape index (κ3) is 4.44. The molecule has 5 nitrogen and oxygen atoms in total. The number of β-amino-alcohol motifs (C(OH)–C–C–N with tert-alkyl or cyclic N) is 1. The Labute approximate surface area is 143 Å². The van der Waals surface area contributed by atoms with Crippen LogP contribution in [0.15, 0.2) is 17.6 Å². The van der Waals surface area contributed by atoms with Crippen LogP contribution in [0.3, 0.4) is 0 Å². The molecule has 0 amide bonds. The van der Waals surface area contributed by atoms with Crippen LogP contribution < -0.4 is 0 Å². The lowest BCUT2D eigenvalue weighted by Gasteiger charge is -2.48. The molecular formula is C17H28N4OS. The van der Waals surface area contributed by atoms with Crippen molar-refractivity contribution in [1.29, 1.82) is 0 Å². The zero-order chi connectivity index (χ0) is 16.3. The number of rotatable bonds is 4. The van der Waals surface area contributed by atoms with Gasteiger partial charge in [0.25, 0.3) is 0 Å². The van der Waals surface area contributed by atoms with Crippen molar-refractivity contribution in [3.8, 4) is 0 Å². The Balaban J connectivity index is 1.52. The standard InChI is InChI=1S/C17H28N4OS/c1-3-23-16-18-9-14(10-19-16)11-21-6-4-17(5-7-21)8-15(22)12-20(2)13-17/h9-10,15,22H,3-8,11-13H2,1-2H3. The summed E-state index contributed by atoms with van der Waals surface area (Å²) in [5.41, 5.74) is 1.52. The number of thioether (sulfide) groups is 1. The molecule has 3 rings (SSSR count). The summed E-state index contributed by atoms with van der Waals surface area (Å²) in [6.45, 7) is 7.21. The van der Waals surface area contributed by atoms with Crippen LogP contribution in [0.5, 0.6) is 0 Å².